The molecule has 42 heavy (non-hydrogen) atoms. The van der Waals surface area contributed by atoms with E-state index in [1.165, 1.54) is 44.8 Å². The zero-order valence-corrected chi connectivity index (χ0v) is 25.3. The average molecular weight is 616 g/mol. The molecule has 1 aliphatic heterocycles. The van der Waals surface area contributed by atoms with Crippen molar-refractivity contribution in [2.45, 2.75) is 56.4 Å². The van der Waals surface area contributed by atoms with Gasteiger partial charge in [0.2, 0.25) is 10.0 Å². The molecule has 1 aliphatic rings. The number of rotatable bonds is 14. The van der Waals surface area contributed by atoms with Crippen LogP contribution in [-0.4, -0.2) is 77.6 Å². The van der Waals surface area contributed by atoms with Gasteiger partial charge in [0.05, 0.1) is 35.6 Å². The lowest BCUT2D eigenvalue weighted by atomic mass is 10.0. The van der Waals surface area contributed by atoms with Gasteiger partial charge in [-0.2, -0.15) is 4.31 Å². The number of thiazole rings is 1. The van der Waals surface area contributed by atoms with E-state index in [1.807, 2.05) is 44.2 Å². The van der Waals surface area contributed by atoms with Gasteiger partial charge >= 0.3 is 6.09 Å². The molecule has 1 fully saturated rings. The second-order valence-corrected chi connectivity index (χ2v) is 13.4. The minimum absolute atomic E-state index is 0.0188. The van der Waals surface area contributed by atoms with Crippen LogP contribution in [0, 0.1) is 5.92 Å². The summed E-state index contributed by atoms with van der Waals surface area (Å²) in [7, 11) is -3.98. The molecule has 0 spiro atoms. The SMILES string of the molecule is CC[C@H](C)CN(C[C@@H](O)[C@H](Cc1ccccc1)NC(=O)[C@@H]1CN(Cc2cncs2)C(=O)O1)S(=O)(=O)c1ccc(N)cc1. The summed E-state index contributed by atoms with van der Waals surface area (Å²) in [6.07, 6.45) is -0.339. The predicted molar refractivity (Wildman–Crippen MR) is 160 cm³/mol. The lowest BCUT2D eigenvalue weighted by molar-refractivity contribution is -0.129. The number of hydrogen-bond acceptors (Lipinski definition) is 9. The van der Waals surface area contributed by atoms with E-state index in [2.05, 4.69) is 10.3 Å². The van der Waals surface area contributed by atoms with Crippen LogP contribution in [-0.2, 0) is 32.5 Å². The number of benzene rings is 2. The molecule has 0 unspecified atom stereocenters. The molecular weight excluding hydrogens is 578 g/mol. The topological polar surface area (TPSA) is 155 Å². The molecule has 2 heterocycles. The Hall–Kier alpha value is -3.52. The number of anilines is 1. The minimum atomic E-state index is -3.98. The van der Waals surface area contributed by atoms with Gasteiger partial charge in [-0.05, 0) is 42.2 Å². The number of ether oxygens (including phenoxy) is 1. The van der Waals surface area contributed by atoms with Crippen molar-refractivity contribution in [2.75, 3.05) is 25.4 Å². The Kier molecular flexibility index (Phi) is 10.5. The molecule has 4 N–H and O–H groups in total. The number of carbonyl (C=O) groups is 2. The molecular formula is C29H37N5O6S2. The maximum atomic E-state index is 13.7. The van der Waals surface area contributed by atoms with Gasteiger partial charge in [-0.1, -0.05) is 50.6 Å². The summed E-state index contributed by atoms with van der Waals surface area (Å²) in [5, 5.41) is 14.3. The Bertz CT molecular complexity index is 1420. The van der Waals surface area contributed by atoms with Crippen LogP contribution in [0.5, 0.6) is 0 Å². The van der Waals surface area contributed by atoms with Crippen LogP contribution in [0.2, 0.25) is 0 Å². The van der Waals surface area contributed by atoms with Crippen molar-refractivity contribution in [2.24, 2.45) is 5.92 Å². The smallest absolute Gasteiger partial charge is 0.411 e. The number of nitrogen functional groups attached to an aromatic ring is 1. The maximum absolute atomic E-state index is 13.7. The summed E-state index contributed by atoms with van der Waals surface area (Å²) in [5.41, 5.74) is 8.70. The first-order valence-electron chi connectivity index (χ1n) is 13.8. The fraction of sp³-hybridized carbons (Fsp3) is 0.414. The summed E-state index contributed by atoms with van der Waals surface area (Å²) < 4.78 is 33.9. The van der Waals surface area contributed by atoms with Crippen molar-refractivity contribution < 1.29 is 27.9 Å². The molecule has 0 saturated carbocycles. The maximum Gasteiger partial charge on any atom is 0.411 e. The highest BCUT2D eigenvalue weighted by Crippen LogP contribution is 2.22. The highest BCUT2D eigenvalue weighted by Gasteiger charge is 2.38. The number of carbonyl (C=O) groups excluding carboxylic acids is 2. The predicted octanol–water partition coefficient (Wildman–Crippen LogP) is 2.87. The first-order valence-corrected chi connectivity index (χ1v) is 16.1. The van der Waals surface area contributed by atoms with Gasteiger partial charge in [0.1, 0.15) is 0 Å². The summed E-state index contributed by atoms with van der Waals surface area (Å²) in [6, 6.07) is 14.3. The molecule has 226 valence electrons. The standard InChI is InChI=1S/C29H37N5O6S2/c1-3-20(2)15-34(42(38,39)24-11-9-22(30)10-12-24)17-26(35)25(13-21-7-5-4-6-8-21)32-28(36)27-18-33(29(37)40-27)16-23-14-31-19-41-23/h4-12,14,19-20,25-27,35H,3,13,15-18,30H2,1-2H3,(H,32,36)/t20-,25-,26+,27-/m0/s1. The summed E-state index contributed by atoms with van der Waals surface area (Å²) in [6.45, 7) is 4.15. The van der Waals surface area contributed by atoms with Crippen molar-refractivity contribution in [1.29, 1.82) is 0 Å². The van der Waals surface area contributed by atoms with Crippen molar-refractivity contribution in [1.82, 2.24) is 19.5 Å². The van der Waals surface area contributed by atoms with Crippen molar-refractivity contribution >= 4 is 39.0 Å². The highest BCUT2D eigenvalue weighted by atomic mass is 32.2. The van der Waals surface area contributed by atoms with Crippen LogP contribution in [0.4, 0.5) is 10.5 Å². The number of sulfonamides is 1. The Balaban J connectivity index is 1.53. The van der Waals surface area contributed by atoms with Crippen molar-refractivity contribution in [3.63, 3.8) is 0 Å². The van der Waals surface area contributed by atoms with Crippen molar-refractivity contribution in [3.8, 4) is 0 Å². The quantitative estimate of drug-likeness (QED) is 0.234. The zero-order chi connectivity index (χ0) is 30.3. The summed E-state index contributed by atoms with van der Waals surface area (Å²) in [4.78, 5) is 32.1. The van der Waals surface area contributed by atoms with E-state index >= 15 is 0 Å². The van der Waals surface area contributed by atoms with E-state index in [1.54, 1.807) is 11.7 Å². The van der Waals surface area contributed by atoms with E-state index < -0.39 is 40.3 Å². The molecule has 3 aromatic rings. The zero-order valence-electron chi connectivity index (χ0n) is 23.6. The van der Waals surface area contributed by atoms with Crippen LogP contribution in [0.1, 0.15) is 30.7 Å². The Morgan fingerprint density at radius 3 is 2.57 bits per heavy atom. The molecule has 0 bridgehead atoms. The number of amides is 2. The van der Waals surface area contributed by atoms with Crippen LogP contribution in [0.25, 0.3) is 0 Å². The lowest BCUT2D eigenvalue weighted by Crippen LogP contribution is -2.53. The number of cyclic esters (lactones) is 1. The van der Waals surface area contributed by atoms with E-state index in [0.717, 1.165) is 16.9 Å². The number of aliphatic hydroxyl groups is 1. The molecule has 2 amide bonds. The Morgan fingerprint density at radius 2 is 1.93 bits per heavy atom. The first kappa shape index (κ1) is 31.4. The Labute approximate surface area is 250 Å². The lowest BCUT2D eigenvalue weighted by Gasteiger charge is -2.31. The number of aromatic nitrogens is 1. The fourth-order valence-corrected chi connectivity index (χ4v) is 6.77. The fourth-order valence-electron chi connectivity index (χ4n) is 4.58. The second-order valence-electron chi connectivity index (χ2n) is 10.5. The molecule has 2 aromatic carbocycles. The minimum Gasteiger partial charge on any atom is -0.434 e. The van der Waals surface area contributed by atoms with Gasteiger partial charge in [-0.3, -0.25) is 14.7 Å². The van der Waals surface area contributed by atoms with E-state index in [0.29, 0.717) is 5.69 Å². The van der Waals surface area contributed by atoms with Gasteiger partial charge in [0.15, 0.2) is 6.10 Å². The first-order chi connectivity index (χ1) is 20.1. The van der Waals surface area contributed by atoms with Crippen LogP contribution in [0.3, 0.4) is 0 Å². The molecule has 11 nitrogen and oxygen atoms in total. The summed E-state index contributed by atoms with van der Waals surface area (Å²) in [5.74, 6) is -0.546. The Morgan fingerprint density at radius 1 is 1.21 bits per heavy atom. The molecule has 1 saturated heterocycles. The van der Waals surface area contributed by atoms with Crippen LogP contribution >= 0.6 is 11.3 Å². The third kappa shape index (κ3) is 8.06. The number of aliphatic hydroxyl groups excluding tert-OH is 1. The average Bonchev–Trinajstić information content (AvgIpc) is 3.62. The molecule has 13 heteroatoms. The normalized spacial score (nSPS) is 17.6. The van der Waals surface area contributed by atoms with Gasteiger partial charge < -0.3 is 20.9 Å². The van der Waals surface area contributed by atoms with Gasteiger partial charge in [-0.25, -0.2) is 13.2 Å². The van der Waals surface area contributed by atoms with E-state index in [4.69, 9.17) is 10.5 Å². The third-order valence-electron chi connectivity index (χ3n) is 7.22. The third-order valence-corrected chi connectivity index (χ3v) is 9.83. The van der Waals surface area contributed by atoms with Gasteiger partial charge in [-0.15, -0.1) is 11.3 Å². The van der Waals surface area contributed by atoms with E-state index in [-0.39, 0.29) is 43.4 Å². The highest BCUT2D eigenvalue weighted by molar-refractivity contribution is 7.89. The number of nitrogens with two attached hydrogens (primary N) is 1. The van der Waals surface area contributed by atoms with Crippen LogP contribution < -0.4 is 11.1 Å². The monoisotopic (exact) mass is 615 g/mol. The number of nitrogens with zero attached hydrogens (tertiary/aromatic N) is 3. The molecule has 0 aliphatic carbocycles. The molecule has 4 rings (SSSR count). The molecule has 1 aromatic heterocycles. The number of nitrogens with one attached hydrogen (secondary N) is 1. The van der Waals surface area contributed by atoms with Gasteiger partial charge in [0, 0.05) is 29.9 Å². The summed E-state index contributed by atoms with van der Waals surface area (Å²) >= 11 is 1.40. The van der Waals surface area contributed by atoms with Gasteiger partial charge in [0.25, 0.3) is 5.91 Å². The van der Waals surface area contributed by atoms with Crippen molar-refractivity contribution in [3.05, 3.63) is 76.7 Å². The number of hydrogen-bond donors (Lipinski definition) is 3. The molecule has 0 radical (unpaired) electrons. The van der Waals surface area contributed by atoms with E-state index in [9.17, 15) is 23.1 Å². The largest absolute Gasteiger partial charge is 0.434 e. The second kappa shape index (κ2) is 14.1. The molecule has 4 atom stereocenters. The van der Waals surface area contributed by atoms with Crippen LogP contribution in [0.15, 0.2) is 71.2 Å².